The van der Waals surface area contributed by atoms with Crippen molar-refractivity contribution in [1.82, 2.24) is 10.6 Å². The van der Waals surface area contributed by atoms with Gasteiger partial charge in [-0.3, -0.25) is 9.59 Å². The Morgan fingerprint density at radius 1 is 1.00 bits per heavy atom. The molecule has 0 fully saturated rings. The Labute approximate surface area is 160 Å². The first-order valence-corrected chi connectivity index (χ1v) is 9.47. The molecule has 27 heavy (non-hydrogen) atoms. The van der Waals surface area contributed by atoms with Crippen LogP contribution in [0, 0.1) is 0 Å². The van der Waals surface area contributed by atoms with Crippen molar-refractivity contribution in [3.05, 3.63) is 65.7 Å². The average molecular weight is 368 g/mol. The quantitative estimate of drug-likeness (QED) is 0.533. The Morgan fingerprint density at radius 2 is 1.70 bits per heavy atom. The van der Waals surface area contributed by atoms with Gasteiger partial charge in [0.25, 0.3) is 5.91 Å². The highest BCUT2D eigenvalue weighted by Crippen LogP contribution is 2.13. The first-order valence-electron chi connectivity index (χ1n) is 9.47. The predicted molar refractivity (Wildman–Crippen MR) is 107 cm³/mol. The lowest BCUT2D eigenvalue weighted by Crippen LogP contribution is -2.42. The van der Waals surface area contributed by atoms with Crippen LogP contribution in [0.5, 0.6) is 5.75 Å². The smallest absolute Gasteiger partial charge is 0.251 e. The van der Waals surface area contributed by atoms with Crippen molar-refractivity contribution in [2.45, 2.75) is 38.6 Å². The van der Waals surface area contributed by atoms with Crippen molar-refractivity contribution in [2.24, 2.45) is 0 Å². The van der Waals surface area contributed by atoms with Gasteiger partial charge in [0.05, 0.1) is 6.04 Å². The third kappa shape index (κ3) is 7.23. The molecule has 5 heteroatoms. The van der Waals surface area contributed by atoms with Crippen LogP contribution in [0.1, 0.15) is 42.1 Å². The van der Waals surface area contributed by atoms with Crippen LogP contribution in [0.2, 0.25) is 0 Å². The monoisotopic (exact) mass is 368 g/mol. The maximum Gasteiger partial charge on any atom is 0.251 e. The zero-order valence-electron chi connectivity index (χ0n) is 15.8. The number of nitrogens with one attached hydrogen (secondary N) is 2. The summed E-state index contributed by atoms with van der Waals surface area (Å²) in [6.45, 7) is 3.83. The van der Waals surface area contributed by atoms with Gasteiger partial charge in [0.15, 0.2) is 5.78 Å². The summed E-state index contributed by atoms with van der Waals surface area (Å²) in [4.78, 5) is 25.2. The molecule has 1 amide bonds. The molecule has 2 rings (SSSR count). The van der Waals surface area contributed by atoms with E-state index < -0.39 is 6.04 Å². The molecule has 0 unspecified atom stereocenters. The summed E-state index contributed by atoms with van der Waals surface area (Å²) in [6.07, 6.45) is 2.62. The maximum atomic E-state index is 12.7. The molecule has 0 saturated carbocycles. The van der Waals surface area contributed by atoms with Gasteiger partial charge in [0.2, 0.25) is 0 Å². The minimum absolute atomic E-state index is 0.0191. The molecule has 5 nitrogen and oxygen atoms in total. The number of phenols is 1. The molecule has 0 aliphatic rings. The maximum absolute atomic E-state index is 12.7. The standard InChI is InChI=1S/C22H28N2O3/c1-2-14-23-15-6-9-21(26)20(16-17-10-12-19(25)13-11-17)24-22(27)18-7-4-3-5-8-18/h3-5,7-8,10-13,20,23,25H,2,6,9,14-16H2,1H3,(H,24,27)/t20-/m0/s1. The molecule has 0 aliphatic carbocycles. The number of carbonyl (C=O) groups is 2. The van der Waals surface area contributed by atoms with Crippen LogP contribution in [0.3, 0.4) is 0 Å². The average Bonchev–Trinajstić information content (AvgIpc) is 2.69. The van der Waals surface area contributed by atoms with Crippen molar-refractivity contribution in [3.63, 3.8) is 0 Å². The van der Waals surface area contributed by atoms with Gasteiger partial charge in [-0.15, -0.1) is 0 Å². The molecule has 0 saturated heterocycles. The van der Waals surface area contributed by atoms with Crippen LogP contribution < -0.4 is 10.6 Å². The van der Waals surface area contributed by atoms with Gasteiger partial charge < -0.3 is 15.7 Å². The number of ketones is 1. The molecular weight excluding hydrogens is 340 g/mol. The molecular formula is C22H28N2O3. The third-order valence-electron chi connectivity index (χ3n) is 4.31. The Balaban J connectivity index is 2.01. The zero-order valence-corrected chi connectivity index (χ0v) is 15.8. The summed E-state index contributed by atoms with van der Waals surface area (Å²) in [5, 5.41) is 15.6. The fraction of sp³-hybridized carbons (Fsp3) is 0.364. The van der Waals surface area contributed by atoms with Crippen molar-refractivity contribution < 1.29 is 14.7 Å². The second kappa shape index (κ2) is 11.1. The first kappa shape index (κ1) is 20.6. The molecule has 2 aromatic rings. The number of Topliss-reactive ketones (excluding diaryl/α,β-unsaturated/α-hetero) is 1. The van der Waals surface area contributed by atoms with Crippen LogP contribution in [0.4, 0.5) is 0 Å². The highest BCUT2D eigenvalue weighted by atomic mass is 16.3. The van der Waals surface area contributed by atoms with Crippen LogP contribution in [-0.4, -0.2) is 35.9 Å². The second-order valence-corrected chi connectivity index (χ2v) is 6.58. The van der Waals surface area contributed by atoms with Crippen LogP contribution in [0.25, 0.3) is 0 Å². The molecule has 0 aliphatic heterocycles. The van der Waals surface area contributed by atoms with E-state index in [0.29, 0.717) is 18.4 Å². The highest BCUT2D eigenvalue weighted by Gasteiger charge is 2.21. The van der Waals surface area contributed by atoms with Crippen molar-refractivity contribution >= 4 is 11.7 Å². The second-order valence-electron chi connectivity index (χ2n) is 6.58. The summed E-state index contributed by atoms with van der Waals surface area (Å²) < 4.78 is 0. The van der Waals surface area contributed by atoms with E-state index in [4.69, 9.17) is 0 Å². The fourth-order valence-electron chi connectivity index (χ4n) is 2.81. The van der Waals surface area contributed by atoms with Gasteiger partial charge >= 0.3 is 0 Å². The lowest BCUT2D eigenvalue weighted by atomic mass is 9.99. The van der Waals surface area contributed by atoms with Gasteiger partial charge in [0.1, 0.15) is 5.75 Å². The van der Waals surface area contributed by atoms with Crippen molar-refractivity contribution in [2.75, 3.05) is 13.1 Å². The molecule has 0 aromatic heterocycles. The van der Waals surface area contributed by atoms with E-state index in [2.05, 4.69) is 17.6 Å². The molecule has 0 spiro atoms. The summed E-state index contributed by atoms with van der Waals surface area (Å²) in [5.41, 5.74) is 1.43. The van der Waals surface area contributed by atoms with Gasteiger partial charge in [-0.05, 0) is 62.2 Å². The van der Waals surface area contributed by atoms with E-state index >= 15 is 0 Å². The number of carbonyl (C=O) groups excluding carboxylic acids is 2. The minimum Gasteiger partial charge on any atom is -0.508 e. The van der Waals surface area contributed by atoms with Gasteiger partial charge in [0, 0.05) is 12.0 Å². The summed E-state index contributed by atoms with van der Waals surface area (Å²) in [7, 11) is 0. The third-order valence-corrected chi connectivity index (χ3v) is 4.31. The Hall–Kier alpha value is -2.66. The molecule has 2 aromatic carbocycles. The number of rotatable bonds is 11. The van der Waals surface area contributed by atoms with E-state index in [-0.39, 0.29) is 17.4 Å². The molecule has 0 heterocycles. The minimum atomic E-state index is -0.589. The predicted octanol–water partition coefficient (Wildman–Crippen LogP) is 3.08. The van der Waals surface area contributed by atoms with Crippen LogP contribution >= 0.6 is 0 Å². The number of aromatic hydroxyl groups is 1. The van der Waals surface area contributed by atoms with Crippen LogP contribution in [-0.2, 0) is 11.2 Å². The van der Waals surface area contributed by atoms with Crippen molar-refractivity contribution in [1.29, 1.82) is 0 Å². The van der Waals surface area contributed by atoms with Gasteiger partial charge in [-0.2, -0.15) is 0 Å². The normalized spacial score (nSPS) is 11.7. The number of phenolic OH excluding ortho intramolecular Hbond substituents is 1. The van der Waals surface area contributed by atoms with E-state index in [9.17, 15) is 14.7 Å². The molecule has 0 radical (unpaired) electrons. The summed E-state index contributed by atoms with van der Waals surface area (Å²) >= 11 is 0. The SMILES string of the molecule is CCCNCCCC(=O)[C@H](Cc1ccc(O)cc1)NC(=O)c1ccccc1. The van der Waals surface area contributed by atoms with Crippen molar-refractivity contribution in [3.8, 4) is 5.75 Å². The lowest BCUT2D eigenvalue weighted by molar-refractivity contribution is -0.121. The number of hydrogen-bond acceptors (Lipinski definition) is 4. The van der Waals surface area contributed by atoms with E-state index in [1.807, 2.05) is 6.07 Å². The Morgan fingerprint density at radius 3 is 2.37 bits per heavy atom. The largest absolute Gasteiger partial charge is 0.508 e. The topological polar surface area (TPSA) is 78.4 Å². The number of hydrogen-bond donors (Lipinski definition) is 3. The van der Waals surface area contributed by atoms with Gasteiger partial charge in [-0.1, -0.05) is 37.3 Å². The molecule has 144 valence electrons. The highest BCUT2D eigenvalue weighted by molar-refractivity contribution is 5.98. The first-order chi connectivity index (χ1) is 13.1. The van der Waals surface area contributed by atoms with Crippen LogP contribution in [0.15, 0.2) is 54.6 Å². The Bertz CT molecular complexity index is 714. The molecule has 0 bridgehead atoms. The van der Waals surface area contributed by atoms with E-state index in [0.717, 1.165) is 31.5 Å². The molecule has 3 N–H and O–H groups in total. The lowest BCUT2D eigenvalue weighted by Gasteiger charge is -2.18. The van der Waals surface area contributed by atoms with E-state index in [1.165, 1.54) is 0 Å². The summed E-state index contributed by atoms with van der Waals surface area (Å²) in [5.74, 6) is -0.0561. The zero-order chi connectivity index (χ0) is 19.5. The molecule has 1 atom stereocenters. The van der Waals surface area contributed by atoms with Gasteiger partial charge in [-0.25, -0.2) is 0 Å². The summed E-state index contributed by atoms with van der Waals surface area (Å²) in [6, 6.07) is 15.0. The van der Waals surface area contributed by atoms with E-state index in [1.54, 1.807) is 48.5 Å². The fourth-order valence-corrected chi connectivity index (χ4v) is 2.81. The number of benzene rings is 2. The number of amides is 1. The Kier molecular flexibility index (Phi) is 8.52.